The molecule has 0 aromatic heterocycles. The van der Waals surface area contributed by atoms with Gasteiger partial charge in [0.2, 0.25) is 0 Å². The van der Waals surface area contributed by atoms with Crippen molar-refractivity contribution in [2.75, 3.05) is 7.11 Å². The van der Waals surface area contributed by atoms with Gasteiger partial charge in [0.05, 0.1) is 19.3 Å². The van der Waals surface area contributed by atoms with Crippen molar-refractivity contribution in [3.8, 4) is 11.5 Å². The Morgan fingerprint density at radius 1 is 1.04 bits per heavy atom. The summed E-state index contributed by atoms with van der Waals surface area (Å²) < 4.78 is 15.6. The molecule has 0 aliphatic carbocycles. The van der Waals surface area contributed by atoms with Crippen LogP contribution in [0.1, 0.15) is 33.3 Å². The predicted octanol–water partition coefficient (Wildman–Crippen LogP) is 2.90. The third-order valence-electron chi connectivity index (χ3n) is 2.62. The van der Waals surface area contributed by atoms with Crippen LogP contribution in [0.25, 0.3) is 5.76 Å². The summed E-state index contributed by atoms with van der Waals surface area (Å²) in [5, 5.41) is 10.0. The fraction of sp³-hybridized carbons (Fsp3) is 0.412. The van der Waals surface area contributed by atoms with E-state index in [2.05, 4.69) is 4.74 Å². The lowest BCUT2D eigenvalue weighted by atomic mass is 10.1. The van der Waals surface area contributed by atoms with Crippen LogP contribution in [0.2, 0.25) is 0 Å². The molecule has 1 N–H and O–H groups in total. The molecule has 0 aliphatic heterocycles. The summed E-state index contributed by atoms with van der Waals surface area (Å²) in [6, 6.07) is 4.76. The minimum absolute atomic E-state index is 0.0413. The number of ketones is 1. The van der Waals surface area contributed by atoms with E-state index in [1.54, 1.807) is 18.2 Å². The first-order chi connectivity index (χ1) is 10.7. The molecule has 0 fully saturated rings. The normalized spacial score (nSPS) is 11.5. The van der Waals surface area contributed by atoms with Gasteiger partial charge >= 0.3 is 5.97 Å². The molecular formula is C17H22O6. The van der Waals surface area contributed by atoms with Crippen molar-refractivity contribution in [1.29, 1.82) is 0 Å². The number of carbonyl (C=O) groups excluding carboxylic acids is 2. The Kier molecular flexibility index (Phi) is 6.63. The monoisotopic (exact) mass is 322 g/mol. The average molecular weight is 322 g/mol. The van der Waals surface area contributed by atoms with Gasteiger partial charge in [0.1, 0.15) is 5.76 Å². The first-order valence-electron chi connectivity index (χ1n) is 7.25. The smallest absolute Gasteiger partial charge is 0.378 e. The molecule has 0 radical (unpaired) electrons. The van der Waals surface area contributed by atoms with E-state index in [9.17, 15) is 14.7 Å². The molecule has 0 bridgehead atoms. The Hall–Kier alpha value is -2.50. The van der Waals surface area contributed by atoms with E-state index in [-0.39, 0.29) is 18.0 Å². The van der Waals surface area contributed by atoms with Crippen LogP contribution in [0, 0.1) is 0 Å². The predicted molar refractivity (Wildman–Crippen MR) is 85.6 cm³/mol. The van der Waals surface area contributed by atoms with Gasteiger partial charge in [0, 0.05) is 11.6 Å². The number of rotatable bonds is 7. The largest absolute Gasteiger partial charge is 0.507 e. The summed E-state index contributed by atoms with van der Waals surface area (Å²) in [4.78, 5) is 22.6. The number of hydrogen-bond donors (Lipinski definition) is 1. The van der Waals surface area contributed by atoms with Crippen LogP contribution in [0.5, 0.6) is 11.5 Å². The number of aliphatic hydroxyl groups is 1. The second-order valence-corrected chi connectivity index (χ2v) is 5.38. The van der Waals surface area contributed by atoms with E-state index in [0.29, 0.717) is 17.1 Å². The van der Waals surface area contributed by atoms with E-state index >= 15 is 0 Å². The summed E-state index contributed by atoms with van der Waals surface area (Å²) in [6.45, 7) is 7.50. The maximum atomic E-state index is 11.5. The highest BCUT2D eigenvalue weighted by molar-refractivity contribution is 6.39. The fourth-order valence-electron chi connectivity index (χ4n) is 1.73. The Morgan fingerprint density at radius 3 is 2.13 bits per heavy atom. The zero-order valence-corrected chi connectivity index (χ0v) is 14.0. The third kappa shape index (κ3) is 5.65. The topological polar surface area (TPSA) is 82.1 Å². The van der Waals surface area contributed by atoms with Crippen LogP contribution < -0.4 is 9.47 Å². The molecule has 0 aliphatic rings. The van der Waals surface area contributed by atoms with Crippen LogP contribution in [0.4, 0.5) is 0 Å². The third-order valence-corrected chi connectivity index (χ3v) is 2.62. The second kappa shape index (κ2) is 8.22. The Balaban J connectivity index is 3.15. The van der Waals surface area contributed by atoms with Gasteiger partial charge < -0.3 is 19.3 Å². The highest BCUT2D eigenvalue weighted by atomic mass is 16.5. The molecule has 0 saturated heterocycles. The van der Waals surface area contributed by atoms with Crippen molar-refractivity contribution in [3.63, 3.8) is 0 Å². The average Bonchev–Trinajstić information content (AvgIpc) is 2.46. The van der Waals surface area contributed by atoms with Crippen LogP contribution in [-0.2, 0) is 14.3 Å². The molecule has 1 rings (SSSR count). The lowest BCUT2D eigenvalue weighted by molar-refractivity contribution is -0.149. The Bertz CT molecular complexity index is 601. The first kappa shape index (κ1) is 18.5. The molecule has 0 saturated carbocycles. The van der Waals surface area contributed by atoms with E-state index < -0.39 is 11.8 Å². The summed E-state index contributed by atoms with van der Waals surface area (Å²) in [5.41, 5.74) is 0.328. The summed E-state index contributed by atoms with van der Waals surface area (Å²) >= 11 is 0. The second-order valence-electron chi connectivity index (χ2n) is 5.38. The van der Waals surface area contributed by atoms with Gasteiger partial charge in [-0.15, -0.1) is 0 Å². The quantitative estimate of drug-likeness (QED) is 0.360. The van der Waals surface area contributed by atoms with Gasteiger partial charge in [-0.05, 0) is 45.9 Å². The molecule has 1 aromatic carbocycles. The zero-order valence-electron chi connectivity index (χ0n) is 14.0. The maximum absolute atomic E-state index is 11.5. The van der Waals surface area contributed by atoms with Crippen LogP contribution in [-0.4, -0.2) is 36.2 Å². The van der Waals surface area contributed by atoms with Gasteiger partial charge in [-0.2, -0.15) is 0 Å². The van der Waals surface area contributed by atoms with Gasteiger partial charge in [-0.25, -0.2) is 4.79 Å². The lowest BCUT2D eigenvalue weighted by Gasteiger charge is -2.17. The van der Waals surface area contributed by atoms with E-state index in [4.69, 9.17) is 9.47 Å². The number of benzene rings is 1. The molecule has 6 nitrogen and oxygen atoms in total. The van der Waals surface area contributed by atoms with Gasteiger partial charge in [-0.3, -0.25) is 4.79 Å². The van der Waals surface area contributed by atoms with Crippen LogP contribution in [0.15, 0.2) is 24.3 Å². The number of methoxy groups -OCH3 is 1. The molecule has 0 amide bonds. The van der Waals surface area contributed by atoms with E-state index in [0.717, 1.165) is 13.2 Å². The van der Waals surface area contributed by atoms with Crippen LogP contribution >= 0.6 is 0 Å². The number of esters is 1. The van der Waals surface area contributed by atoms with E-state index in [1.807, 2.05) is 27.7 Å². The fourth-order valence-corrected chi connectivity index (χ4v) is 1.73. The zero-order chi connectivity index (χ0) is 17.6. The molecule has 0 unspecified atom stereocenters. The van der Waals surface area contributed by atoms with Crippen molar-refractivity contribution in [1.82, 2.24) is 0 Å². The van der Waals surface area contributed by atoms with Crippen LogP contribution in [0.3, 0.4) is 0 Å². The van der Waals surface area contributed by atoms with Crippen molar-refractivity contribution in [3.05, 3.63) is 29.8 Å². The number of carbonyl (C=O) groups is 2. The molecule has 126 valence electrons. The summed E-state index contributed by atoms with van der Waals surface area (Å²) in [6.07, 6.45) is 0.673. The molecule has 6 heteroatoms. The highest BCUT2D eigenvalue weighted by Gasteiger charge is 2.15. The lowest BCUT2D eigenvalue weighted by Crippen LogP contribution is -2.13. The standard InChI is InChI=1S/C17H22O6/c1-10(2)22-15-7-6-12(8-16(15)23-11(3)4)13(18)9-14(19)17(20)21-5/h6-11,18H,1-5H3/b13-9-. The number of hydrogen-bond acceptors (Lipinski definition) is 6. The Morgan fingerprint density at radius 2 is 1.61 bits per heavy atom. The number of ether oxygens (including phenoxy) is 3. The first-order valence-corrected chi connectivity index (χ1v) is 7.25. The van der Waals surface area contributed by atoms with Crippen molar-refractivity contribution in [2.24, 2.45) is 0 Å². The Labute approximate surface area is 135 Å². The molecule has 1 aromatic rings. The van der Waals surface area contributed by atoms with Gasteiger partial charge in [0.15, 0.2) is 11.5 Å². The summed E-state index contributed by atoms with van der Waals surface area (Å²) in [7, 11) is 1.09. The van der Waals surface area contributed by atoms with Crippen molar-refractivity contribution in [2.45, 2.75) is 39.9 Å². The van der Waals surface area contributed by atoms with Gasteiger partial charge in [-0.1, -0.05) is 0 Å². The highest BCUT2D eigenvalue weighted by Crippen LogP contribution is 2.32. The molecular weight excluding hydrogens is 300 g/mol. The SMILES string of the molecule is COC(=O)C(=O)/C=C(\O)c1ccc(OC(C)C)c(OC(C)C)c1. The van der Waals surface area contributed by atoms with E-state index in [1.165, 1.54) is 0 Å². The maximum Gasteiger partial charge on any atom is 0.378 e. The van der Waals surface area contributed by atoms with Crippen molar-refractivity contribution < 1.29 is 28.9 Å². The minimum Gasteiger partial charge on any atom is -0.507 e. The summed E-state index contributed by atoms with van der Waals surface area (Å²) in [5.74, 6) is -1.37. The minimum atomic E-state index is -1.05. The molecule has 0 spiro atoms. The molecule has 0 atom stereocenters. The van der Waals surface area contributed by atoms with Gasteiger partial charge in [0.25, 0.3) is 5.78 Å². The molecule has 0 heterocycles. The molecule has 23 heavy (non-hydrogen) atoms. The number of aliphatic hydroxyl groups excluding tert-OH is 1. The van der Waals surface area contributed by atoms with Crippen molar-refractivity contribution >= 4 is 17.5 Å².